The van der Waals surface area contributed by atoms with Crippen molar-refractivity contribution in [1.29, 1.82) is 0 Å². The zero-order valence-electron chi connectivity index (χ0n) is 79.2. The Hall–Kier alpha value is -9.69. The zero-order valence-corrected chi connectivity index (χ0v) is 77.7. The zero-order chi connectivity index (χ0) is 99.1. The van der Waals surface area contributed by atoms with Crippen LogP contribution in [0, 0.1) is 17.8 Å². The molecule has 720 valence electrons. The molecule has 4 fully saturated rings. The van der Waals surface area contributed by atoms with Gasteiger partial charge in [0.2, 0.25) is 70.9 Å². The summed E-state index contributed by atoms with van der Waals surface area (Å²) < 4.78 is 49.1. The third-order valence-corrected chi connectivity index (χ3v) is 23.3. The number of likely N-dealkylation sites (N-methyl/N-ethyl adjacent to an activating group) is 1. The van der Waals surface area contributed by atoms with Gasteiger partial charge in [-0.3, -0.25) is 91.4 Å². The largest absolute Gasteiger partial charge is 0.463 e. The molecule has 4 aliphatic rings. The molecule has 4 saturated heterocycles. The number of unbranched alkanes of at least 4 members (excludes halogenated alkanes) is 4. The molecule has 0 aliphatic carbocycles. The summed E-state index contributed by atoms with van der Waals surface area (Å²) >= 11 is 4.11. The molecule has 128 heavy (non-hydrogen) atoms. The van der Waals surface area contributed by atoms with Crippen LogP contribution in [0.2, 0.25) is 0 Å². The number of carbonyl (C=O) groups is 20. The second-order valence-electron chi connectivity index (χ2n) is 31.6. The number of urea groups is 3. The molecule has 1 aromatic rings. The smallest absolute Gasteiger partial charge is 0.312 e. The lowest BCUT2D eigenvalue weighted by molar-refractivity contribution is -0.202. The van der Waals surface area contributed by atoms with Gasteiger partial charge in [0, 0.05) is 86.2 Å². The van der Waals surface area contributed by atoms with Gasteiger partial charge in [0.1, 0.15) is 45.6 Å². The van der Waals surface area contributed by atoms with E-state index >= 15 is 0 Å². The predicted octanol–water partition coefficient (Wildman–Crippen LogP) is 3.22. The number of hydrogen-bond donors (Lipinski definition) is 13. The maximum atomic E-state index is 13.3. The van der Waals surface area contributed by atoms with Gasteiger partial charge in [0.25, 0.3) is 6.45 Å². The van der Waals surface area contributed by atoms with E-state index in [1.54, 1.807) is 70.7 Å². The highest BCUT2D eigenvalue weighted by atomic mass is 32.2. The third kappa shape index (κ3) is 45.5. The number of nitrogens with one attached hydrogen (secondary N) is 10. The number of rotatable bonds is 57. The highest BCUT2D eigenvalue weighted by Crippen LogP contribution is 2.27. The van der Waals surface area contributed by atoms with Gasteiger partial charge in [-0.05, 0) is 164 Å². The quantitative estimate of drug-likeness (QED) is 0.0253. The van der Waals surface area contributed by atoms with Gasteiger partial charge in [0.15, 0.2) is 25.0 Å². The average Bonchev–Trinajstić information content (AvgIpc) is 1.70. The number of imide groups is 3. The van der Waals surface area contributed by atoms with Gasteiger partial charge >= 0.3 is 18.1 Å². The van der Waals surface area contributed by atoms with E-state index in [9.17, 15) is 95.9 Å². The van der Waals surface area contributed by atoms with E-state index in [1.165, 1.54) is 50.0 Å². The van der Waals surface area contributed by atoms with E-state index in [0.717, 1.165) is 12.8 Å². The van der Waals surface area contributed by atoms with E-state index in [2.05, 4.69) is 57.9 Å². The van der Waals surface area contributed by atoms with Crippen molar-refractivity contribution in [2.24, 2.45) is 35.0 Å². The number of aldehydes is 1. The topological polar surface area (TPSA) is 586 Å². The van der Waals surface area contributed by atoms with Gasteiger partial charge in [0.05, 0.1) is 46.6 Å². The summed E-state index contributed by atoms with van der Waals surface area (Å²) in [7, 11) is 0. The molecule has 4 aliphatic heterocycles. The number of amides is 18. The van der Waals surface area contributed by atoms with Crippen LogP contribution in [-0.4, -0.2) is 283 Å². The fourth-order valence-electron chi connectivity index (χ4n) is 13.4. The Morgan fingerprint density at radius 2 is 0.945 bits per heavy atom. The predicted molar refractivity (Wildman–Crippen MR) is 482 cm³/mol. The molecular formula is C85H138N16O24S3. The SMILES string of the molecule is [2H]C(=O)COC1CCCC(COCC(=O)CCCN2C(=O)CC(SC)C2=O)O1.[2H]C(=O)OCc1ccc(NC(=O)[C@H](CCCNC(N)=O)NC(=O)[C@@H](NC(=O)CCCCCN2C(=O)CC(SC)C2=O)C(C)C)cc1.[2H]CC(=O)[C@H](CCCNC(N)=O)NC(=O)[C@@H](NC(=O)CCCCCN1C(=O)CC(SC)C1=O)C(C)C.[2H]CC(=O)[C@H](CCCNC(N)=O)NC(=O)[C@@H](NCC)C(C)C. The Kier molecular flexibility index (Phi) is 53.6. The first-order chi connectivity index (χ1) is 62.6. The molecule has 1 aromatic carbocycles. The van der Waals surface area contributed by atoms with Gasteiger partial charge in [-0.25, -0.2) is 14.4 Å². The van der Waals surface area contributed by atoms with Gasteiger partial charge in [-0.2, -0.15) is 35.3 Å². The maximum absolute atomic E-state index is 13.3. The lowest BCUT2D eigenvalue weighted by Gasteiger charge is -2.29. The number of nitrogens with two attached hydrogens (primary N) is 3. The molecule has 0 spiro atoms. The van der Waals surface area contributed by atoms with E-state index < -0.39 is 97.7 Å². The standard InChI is InChI=1S/C30H44N6O8S.C23H39N5O6S.C18H27NO7S.C14H28N4O3/c1-19(2)26(35-24(38)9-5-4-6-15-36-25(39)16-23(45-3)29(36)42)28(41)34-22(8-7-14-32-30(31)43)27(40)33-21-12-10-20(11-13-21)17-44-18-37;1-14(2)20(21(32)26-16(15(3)29)9-8-11-25-23(24)34)27-18(30)10-6-5-7-12-28-19(31)13-17(35-4)22(28)33;1-27-15-10-16(22)19(18(15)23)7-3-4-13(21)11-24-12-14-5-2-6-17(26-14)25-9-8-20;1-5-16-12(9(2)3)13(20)18-11(10(4)19)7-6-8-17-14(15)21/h10-13,18-19,22-23,26H,4-9,14-17H2,1-3H3,(H,33,40)(H,34,41)(H,35,38)(H3,31,32,43);14,16-17,20H,5-13H2,1-4H3,(H,26,32)(H,27,30)(H3,24,25,34);8,14-15,17H,2-7,9-12H2,1H3;9,11-12,16H,5-8H2,1-4H3,(H,18,20)(H3,15,17,21)/t22-,23?,26-;16-,17?,20-;;11-,12-/m00.0/s1/i18D;3D;8D;4D. The third-order valence-electron chi connectivity index (χ3n) is 20.4. The molecule has 0 aromatic heterocycles. The number of thioether (sulfide) groups is 3. The monoisotopic (exact) mass is 1870 g/mol. The number of benzene rings is 1. The van der Waals surface area contributed by atoms with Crippen LogP contribution in [0.25, 0.3) is 0 Å². The second kappa shape index (κ2) is 64.1. The number of hydrogen-bond acceptors (Lipinski definition) is 28. The minimum Gasteiger partial charge on any atom is -0.463 e. The highest BCUT2D eigenvalue weighted by Gasteiger charge is 2.41. The molecule has 43 heteroatoms. The van der Waals surface area contributed by atoms with Gasteiger partial charge in [-0.1, -0.05) is 73.4 Å². The van der Waals surface area contributed by atoms with Crippen LogP contribution >= 0.6 is 35.3 Å². The Bertz CT molecular complexity index is 3960. The number of ketones is 3. The molecule has 0 radical (unpaired) electrons. The Morgan fingerprint density at radius 3 is 1.33 bits per heavy atom. The van der Waals surface area contributed by atoms with Gasteiger partial charge in [-0.15, -0.1) is 0 Å². The van der Waals surface area contributed by atoms with Crippen LogP contribution in [0.15, 0.2) is 24.3 Å². The van der Waals surface area contributed by atoms with Crippen molar-refractivity contribution >= 4 is 160 Å². The molecule has 11 atom stereocenters. The van der Waals surface area contributed by atoms with Crippen LogP contribution in [0.1, 0.15) is 215 Å². The number of likely N-dealkylation sites (tertiary alicyclic amines) is 3. The Morgan fingerprint density at radius 1 is 0.531 bits per heavy atom. The summed E-state index contributed by atoms with van der Waals surface area (Å²) in [6.45, 7) is 14.1. The second-order valence-corrected chi connectivity index (χ2v) is 34.7. The van der Waals surface area contributed by atoms with Crippen LogP contribution in [0.5, 0.6) is 0 Å². The van der Waals surface area contributed by atoms with E-state index in [4.69, 9.17) is 36.9 Å². The lowest BCUT2D eigenvalue weighted by atomic mass is 10.0. The summed E-state index contributed by atoms with van der Waals surface area (Å²) in [4.78, 5) is 242. The van der Waals surface area contributed by atoms with Crippen LogP contribution < -0.4 is 70.4 Å². The molecule has 16 N–H and O–H groups in total. The number of primary amides is 3. The molecule has 5 rings (SSSR count). The lowest BCUT2D eigenvalue weighted by Crippen LogP contribution is -2.54. The van der Waals surface area contributed by atoms with Crippen molar-refractivity contribution in [3.63, 3.8) is 0 Å². The summed E-state index contributed by atoms with van der Waals surface area (Å²) in [5.74, 6) is -4.82. The molecule has 0 bridgehead atoms. The number of anilines is 1. The normalized spacial score (nSPS) is 18.4. The van der Waals surface area contributed by atoms with Crippen LogP contribution in [0.3, 0.4) is 0 Å². The van der Waals surface area contributed by atoms with E-state index in [-0.39, 0.29) is 215 Å². The Labute approximate surface area is 768 Å². The fourth-order valence-corrected chi connectivity index (χ4v) is 15.3. The summed E-state index contributed by atoms with van der Waals surface area (Å²) in [6, 6.07) is -0.420. The van der Waals surface area contributed by atoms with Crippen LogP contribution in [-0.2, 0) is 107 Å². The first-order valence-corrected chi connectivity index (χ1v) is 46.9. The van der Waals surface area contributed by atoms with Crippen molar-refractivity contribution in [3.8, 4) is 0 Å². The fraction of sp³-hybridized carbons (Fsp3) is 0.694. The molecule has 5 unspecified atom stereocenters. The van der Waals surface area contributed by atoms with Crippen LogP contribution in [0.4, 0.5) is 20.1 Å². The molecule has 18 amide bonds. The molecular weight excluding hydrogens is 1730 g/mol. The minimum atomic E-state index is -1.16. The van der Waals surface area contributed by atoms with Crippen molar-refractivity contribution < 1.29 is 120 Å². The number of nitrogens with zero attached hydrogens (tertiary/aromatic N) is 3. The van der Waals surface area contributed by atoms with Gasteiger partial charge < -0.3 is 94.1 Å². The molecule has 0 saturated carbocycles. The highest BCUT2D eigenvalue weighted by molar-refractivity contribution is 8.00. The van der Waals surface area contributed by atoms with E-state index in [1.807, 2.05) is 20.8 Å². The maximum Gasteiger partial charge on any atom is 0.312 e. The number of ether oxygens (including phenoxy) is 4. The van der Waals surface area contributed by atoms with Crippen molar-refractivity contribution in [2.75, 3.05) is 89.7 Å². The average molecular weight is 1870 g/mol. The summed E-state index contributed by atoms with van der Waals surface area (Å²) in [5, 5.41) is 25.7. The minimum absolute atomic E-state index is 0.0497. The summed E-state index contributed by atoms with van der Waals surface area (Å²) in [5.41, 5.74) is 16.1. The van der Waals surface area contributed by atoms with Crippen molar-refractivity contribution in [1.82, 2.24) is 62.6 Å². The first-order valence-electron chi connectivity index (χ1n) is 45.5. The summed E-state index contributed by atoms with van der Waals surface area (Å²) in [6.07, 6.45) is 12.1. The number of carbonyl (C=O) groups excluding carboxylic acids is 20. The Balaban J connectivity index is 0.000000617. The molecule has 4 heterocycles. The van der Waals surface area contributed by atoms with Crippen molar-refractivity contribution in [3.05, 3.63) is 29.8 Å². The van der Waals surface area contributed by atoms with Crippen molar-refractivity contribution in [2.45, 2.75) is 275 Å². The first kappa shape index (κ1) is 107. The molecule has 40 nitrogen and oxygen atoms in total. The van der Waals surface area contributed by atoms with E-state index in [0.29, 0.717) is 114 Å². The number of Topliss-reactive ketones (excluding diaryl/α,β-unsaturated/α-hetero) is 3.